The van der Waals surface area contributed by atoms with E-state index in [9.17, 15) is 9.59 Å². The van der Waals surface area contributed by atoms with Gasteiger partial charge < -0.3 is 10.0 Å². The van der Waals surface area contributed by atoms with Crippen molar-refractivity contribution in [1.82, 2.24) is 14.7 Å². The monoisotopic (exact) mass is 321 g/mol. The van der Waals surface area contributed by atoms with E-state index in [4.69, 9.17) is 16.7 Å². The molecule has 1 aromatic heterocycles. The Kier molecular flexibility index (Phi) is 5.42. The number of aryl methyl sites for hydroxylation is 1. The number of carbonyl (C=O) groups excluding carboxylic acids is 1. The van der Waals surface area contributed by atoms with E-state index in [-0.39, 0.29) is 31.4 Å². The molecule has 6 nitrogen and oxygen atoms in total. The van der Waals surface area contributed by atoms with Crippen LogP contribution in [0, 0.1) is 19.8 Å². The van der Waals surface area contributed by atoms with Crippen LogP contribution < -0.4 is 0 Å². The molecule has 2 heterocycles. The lowest BCUT2D eigenvalue weighted by molar-refractivity contribution is -0.141. The Bertz CT molecular complexity index is 530. The Morgan fingerprint density at radius 3 is 2.55 bits per heavy atom. The zero-order valence-electron chi connectivity index (χ0n) is 11.3. The second-order valence-electron chi connectivity index (χ2n) is 4.81. The number of aromatic nitrogens is 2. The minimum atomic E-state index is -0.843. The smallest absolute Gasteiger partial charge is 0.308 e. The number of carbonyl (C=O) groups is 2. The summed E-state index contributed by atoms with van der Waals surface area (Å²) in [5.41, 5.74) is 1.44. The van der Waals surface area contributed by atoms with Crippen LogP contribution in [0.25, 0.3) is 0 Å². The number of amides is 1. The van der Waals surface area contributed by atoms with Crippen LogP contribution in [0.4, 0.5) is 0 Å². The second-order valence-corrected chi connectivity index (χ2v) is 5.18. The predicted molar refractivity (Wildman–Crippen MR) is 76.3 cm³/mol. The number of rotatable bonds is 3. The van der Waals surface area contributed by atoms with Gasteiger partial charge >= 0.3 is 5.97 Å². The van der Waals surface area contributed by atoms with Gasteiger partial charge in [0.05, 0.1) is 22.3 Å². The van der Waals surface area contributed by atoms with E-state index in [0.717, 1.165) is 5.69 Å². The highest BCUT2D eigenvalue weighted by molar-refractivity contribution is 6.31. The molecule has 1 aromatic rings. The summed E-state index contributed by atoms with van der Waals surface area (Å²) in [7, 11) is 0. The average molecular weight is 322 g/mol. The normalized spacial score (nSPS) is 17.9. The maximum Gasteiger partial charge on any atom is 0.308 e. The number of hydrogen-bond acceptors (Lipinski definition) is 3. The number of halogens is 2. The largest absolute Gasteiger partial charge is 0.481 e. The molecule has 1 fully saturated rings. The molecule has 0 saturated carbocycles. The molecule has 2 rings (SSSR count). The summed E-state index contributed by atoms with van der Waals surface area (Å²) in [6.07, 6.45) is 0.513. The molecule has 0 aliphatic carbocycles. The summed E-state index contributed by atoms with van der Waals surface area (Å²) in [4.78, 5) is 24.5. The van der Waals surface area contributed by atoms with Crippen LogP contribution in [0.3, 0.4) is 0 Å². The first-order valence-corrected chi connectivity index (χ1v) is 6.48. The van der Waals surface area contributed by atoms with Crippen LogP contribution >= 0.6 is 24.0 Å². The van der Waals surface area contributed by atoms with Gasteiger partial charge in [-0.3, -0.25) is 14.3 Å². The third-order valence-corrected chi connectivity index (χ3v) is 4.02. The van der Waals surface area contributed by atoms with Crippen molar-refractivity contribution in [1.29, 1.82) is 0 Å². The van der Waals surface area contributed by atoms with Gasteiger partial charge in [-0.15, -0.1) is 12.4 Å². The topological polar surface area (TPSA) is 75.4 Å². The number of hydrogen-bond donors (Lipinski definition) is 1. The second kappa shape index (κ2) is 6.45. The Labute approximate surface area is 128 Å². The van der Waals surface area contributed by atoms with Crippen molar-refractivity contribution in [3.63, 3.8) is 0 Å². The Morgan fingerprint density at radius 2 is 2.10 bits per heavy atom. The van der Waals surface area contributed by atoms with Gasteiger partial charge in [0.1, 0.15) is 6.54 Å². The maximum absolute atomic E-state index is 12.1. The lowest BCUT2D eigenvalue weighted by Crippen LogP contribution is -2.33. The molecule has 1 aliphatic rings. The summed E-state index contributed by atoms with van der Waals surface area (Å²) in [6, 6.07) is 0. The quantitative estimate of drug-likeness (QED) is 0.915. The molecule has 112 valence electrons. The van der Waals surface area contributed by atoms with Crippen LogP contribution in [-0.4, -0.2) is 44.8 Å². The van der Waals surface area contributed by atoms with Crippen LogP contribution in [0.1, 0.15) is 17.8 Å². The van der Waals surface area contributed by atoms with Crippen molar-refractivity contribution < 1.29 is 14.7 Å². The highest BCUT2D eigenvalue weighted by Crippen LogP contribution is 2.20. The van der Waals surface area contributed by atoms with Gasteiger partial charge in [-0.1, -0.05) is 11.6 Å². The summed E-state index contributed by atoms with van der Waals surface area (Å²) in [5, 5.41) is 13.7. The molecule has 1 amide bonds. The van der Waals surface area contributed by atoms with Crippen molar-refractivity contribution in [2.75, 3.05) is 13.1 Å². The lowest BCUT2D eigenvalue weighted by atomic mass is 10.1. The lowest BCUT2D eigenvalue weighted by Gasteiger charge is -2.16. The SMILES string of the molecule is Cc1nn(CC(=O)N2CCC(C(=O)O)C2)c(C)c1Cl.Cl. The van der Waals surface area contributed by atoms with Gasteiger partial charge in [-0.25, -0.2) is 0 Å². The number of likely N-dealkylation sites (tertiary alicyclic amines) is 1. The fourth-order valence-electron chi connectivity index (χ4n) is 2.25. The molecular formula is C12H17Cl2N3O3. The summed E-state index contributed by atoms with van der Waals surface area (Å²) >= 11 is 6.02. The van der Waals surface area contributed by atoms with E-state index >= 15 is 0 Å². The number of carboxylic acid groups (broad SMARTS) is 1. The van der Waals surface area contributed by atoms with E-state index in [1.165, 1.54) is 0 Å². The number of carboxylic acids is 1. The highest BCUT2D eigenvalue weighted by atomic mass is 35.5. The summed E-state index contributed by atoms with van der Waals surface area (Å²) in [5.74, 6) is -1.41. The molecule has 8 heteroatoms. The molecule has 0 aromatic carbocycles. The minimum absolute atomic E-state index is 0. The van der Waals surface area contributed by atoms with Crippen molar-refractivity contribution in [3.05, 3.63) is 16.4 Å². The van der Waals surface area contributed by atoms with Gasteiger partial charge in [0, 0.05) is 13.1 Å². The molecule has 1 atom stereocenters. The molecule has 1 saturated heterocycles. The molecular weight excluding hydrogens is 305 g/mol. The van der Waals surface area contributed by atoms with Crippen molar-refractivity contribution in [2.24, 2.45) is 5.92 Å². The summed E-state index contributed by atoms with van der Waals surface area (Å²) in [6.45, 7) is 4.46. The van der Waals surface area contributed by atoms with Gasteiger partial charge in [-0.2, -0.15) is 5.10 Å². The predicted octanol–water partition coefficient (Wildman–Crippen LogP) is 1.51. The maximum atomic E-state index is 12.1. The zero-order chi connectivity index (χ0) is 14.2. The van der Waals surface area contributed by atoms with Crippen molar-refractivity contribution in [2.45, 2.75) is 26.8 Å². The van der Waals surface area contributed by atoms with Crippen LogP contribution in [0.2, 0.25) is 5.02 Å². The average Bonchev–Trinajstić information content (AvgIpc) is 2.92. The van der Waals surface area contributed by atoms with Gasteiger partial charge in [0.2, 0.25) is 5.91 Å². The van der Waals surface area contributed by atoms with Crippen molar-refractivity contribution >= 4 is 35.9 Å². The highest BCUT2D eigenvalue weighted by Gasteiger charge is 2.31. The molecule has 0 bridgehead atoms. The number of aliphatic carboxylic acids is 1. The molecule has 20 heavy (non-hydrogen) atoms. The fraction of sp³-hybridized carbons (Fsp3) is 0.583. The van der Waals surface area contributed by atoms with E-state index in [1.807, 2.05) is 0 Å². The molecule has 1 N–H and O–H groups in total. The van der Waals surface area contributed by atoms with E-state index in [2.05, 4.69) is 5.10 Å². The minimum Gasteiger partial charge on any atom is -0.481 e. The van der Waals surface area contributed by atoms with E-state index in [1.54, 1.807) is 23.4 Å². The van der Waals surface area contributed by atoms with Crippen LogP contribution in [0.15, 0.2) is 0 Å². The first-order valence-electron chi connectivity index (χ1n) is 6.10. The number of nitrogens with zero attached hydrogens (tertiary/aromatic N) is 3. The fourth-order valence-corrected chi connectivity index (χ4v) is 2.38. The first kappa shape index (κ1) is 16.8. The van der Waals surface area contributed by atoms with E-state index in [0.29, 0.717) is 23.7 Å². The third kappa shape index (κ3) is 3.24. The Morgan fingerprint density at radius 1 is 1.45 bits per heavy atom. The molecule has 0 radical (unpaired) electrons. The molecule has 0 spiro atoms. The van der Waals surface area contributed by atoms with Crippen LogP contribution in [-0.2, 0) is 16.1 Å². The van der Waals surface area contributed by atoms with Crippen molar-refractivity contribution in [3.8, 4) is 0 Å². The summed E-state index contributed by atoms with van der Waals surface area (Å²) < 4.78 is 1.56. The standard InChI is InChI=1S/C12H16ClN3O3.ClH/c1-7-11(13)8(2)16(14-7)6-10(17)15-4-3-9(5-15)12(18)19;/h9H,3-6H2,1-2H3,(H,18,19);1H. The van der Waals surface area contributed by atoms with Gasteiger partial charge in [0.25, 0.3) is 0 Å². The molecule has 1 aliphatic heterocycles. The molecule has 1 unspecified atom stereocenters. The first-order chi connectivity index (χ1) is 8.90. The Hall–Kier alpha value is -1.27. The third-order valence-electron chi connectivity index (χ3n) is 3.47. The Balaban J connectivity index is 0.00000200. The van der Waals surface area contributed by atoms with Gasteiger partial charge in [0.15, 0.2) is 0 Å². The van der Waals surface area contributed by atoms with Crippen LogP contribution in [0.5, 0.6) is 0 Å². The van der Waals surface area contributed by atoms with E-state index < -0.39 is 11.9 Å². The zero-order valence-corrected chi connectivity index (χ0v) is 12.9. The van der Waals surface area contributed by atoms with Gasteiger partial charge in [-0.05, 0) is 20.3 Å².